The molecule has 3 bridgehead atoms. The van der Waals surface area contributed by atoms with Gasteiger partial charge in [0, 0.05) is 10.8 Å². The molecule has 88 valence electrons. The lowest BCUT2D eigenvalue weighted by Gasteiger charge is -2.46. The van der Waals surface area contributed by atoms with E-state index in [4.69, 9.17) is 4.74 Å². The molecule has 5 rings (SSSR count). The van der Waals surface area contributed by atoms with Crippen LogP contribution < -0.4 is 0 Å². The van der Waals surface area contributed by atoms with Crippen molar-refractivity contribution in [3.63, 3.8) is 0 Å². The number of carbonyl (C=O) groups is 1. The van der Waals surface area contributed by atoms with Crippen molar-refractivity contribution < 1.29 is 14.6 Å². The summed E-state index contributed by atoms with van der Waals surface area (Å²) in [5, 5.41) is 10.7. The molecule has 1 aromatic rings. The van der Waals surface area contributed by atoms with E-state index in [0.29, 0.717) is 13.0 Å². The highest BCUT2D eigenvalue weighted by molar-refractivity contribution is 5.85. The van der Waals surface area contributed by atoms with E-state index in [9.17, 15) is 9.90 Å². The molecule has 4 aliphatic rings. The number of hydrogen-bond acceptors (Lipinski definition) is 3. The quantitative estimate of drug-likeness (QED) is 0.742. The SMILES string of the molecule is O=C1OCC23CC1(O)C(c1ccccc1)(C2)C3. The number of carbonyl (C=O) groups excluding carboxylic acids is 1. The number of benzene rings is 1. The summed E-state index contributed by atoms with van der Waals surface area (Å²) < 4.78 is 5.17. The van der Waals surface area contributed by atoms with E-state index in [-0.39, 0.29) is 10.8 Å². The van der Waals surface area contributed by atoms with E-state index in [2.05, 4.69) is 0 Å². The average molecular weight is 230 g/mol. The first-order valence-corrected chi connectivity index (χ1v) is 6.06. The highest BCUT2D eigenvalue weighted by Gasteiger charge is 2.79. The Kier molecular flexibility index (Phi) is 1.45. The van der Waals surface area contributed by atoms with Gasteiger partial charge in [0.1, 0.15) is 0 Å². The highest BCUT2D eigenvalue weighted by atomic mass is 16.6. The molecule has 3 saturated carbocycles. The summed E-state index contributed by atoms with van der Waals surface area (Å²) >= 11 is 0. The predicted octanol–water partition coefficient (Wildman–Crippen LogP) is 1.40. The van der Waals surface area contributed by atoms with Gasteiger partial charge >= 0.3 is 5.97 Å². The van der Waals surface area contributed by atoms with Gasteiger partial charge in [-0.25, -0.2) is 4.79 Å². The Labute approximate surface area is 99.4 Å². The molecule has 1 N–H and O–H groups in total. The van der Waals surface area contributed by atoms with Crippen molar-refractivity contribution in [2.75, 3.05) is 6.61 Å². The largest absolute Gasteiger partial charge is 0.463 e. The van der Waals surface area contributed by atoms with E-state index in [1.165, 1.54) is 0 Å². The summed E-state index contributed by atoms with van der Waals surface area (Å²) in [6.45, 7) is 0.489. The predicted molar refractivity (Wildman–Crippen MR) is 60.3 cm³/mol. The van der Waals surface area contributed by atoms with Crippen molar-refractivity contribution in [1.82, 2.24) is 0 Å². The van der Waals surface area contributed by atoms with Gasteiger partial charge in [-0.15, -0.1) is 0 Å². The second kappa shape index (κ2) is 2.56. The van der Waals surface area contributed by atoms with Gasteiger partial charge in [-0.3, -0.25) is 0 Å². The molecular weight excluding hydrogens is 216 g/mol. The zero-order valence-corrected chi connectivity index (χ0v) is 9.48. The van der Waals surface area contributed by atoms with Gasteiger partial charge in [0.05, 0.1) is 6.61 Å². The van der Waals surface area contributed by atoms with Crippen molar-refractivity contribution in [2.24, 2.45) is 5.41 Å². The van der Waals surface area contributed by atoms with E-state index in [1.807, 2.05) is 30.3 Å². The fourth-order valence-corrected chi connectivity index (χ4v) is 4.32. The molecule has 1 spiro atoms. The third-order valence-electron chi connectivity index (χ3n) is 4.95. The summed E-state index contributed by atoms with van der Waals surface area (Å²) in [5.41, 5.74) is -0.540. The maximum atomic E-state index is 11.9. The molecule has 3 nitrogen and oxygen atoms in total. The summed E-state index contributed by atoms with van der Waals surface area (Å²) in [5.74, 6) is -0.424. The molecule has 1 saturated heterocycles. The zero-order valence-electron chi connectivity index (χ0n) is 9.48. The molecular formula is C14H14O3. The third-order valence-corrected chi connectivity index (χ3v) is 4.95. The fourth-order valence-electron chi connectivity index (χ4n) is 4.32. The van der Waals surface area contributed by atoms with E-state index < -0.39 is 11.6 Å². The van der Waals surface area contributed by atoms with Gasteiger partial charge in [0.15, 0.2) is 5.60 Å². The number of ether oxygens (including phenoxy) is 1. The van der Waals surface area contributed by atoms with Gasteiger partial charge < -0.3 is 9.84 Å². The number of cyclic esters (lactones) is 1. The third kappa shape index (κ3) is 0.879. The molecule has 0 aromatic heterocycles. The number of rotatable bonds is 1. The topological polar surface area (TPSA) is 46.5 Å². The molecule has 17 heavy (non-hydrogen) atoms. The first-order valence-electron chi connectivity index (χ1n) is 6.06. The Hall–Kier alpha value is -1.35. The lowest BCUT2D eigenvalue weighted by Crippen LogP contribution is -2.53. The summed E-state index contributed by atoms with van der Waals surface area (Å²) in [7, 11) is 0. The minimum absolute atomic E-state index is 0.0541. The van der Waals surface area contributed by atoms with Crippen LogP contribution in [0.3, 0.4) is 0 Å². The number of aliphatic hydroxyl groups is 1. The molecule has 1 atom stereocenters. The standard InChI is InChI=1S/C14H14O3/c15-11-14(16)8-12(9-17-11)6-13(14,7-12)10-4-2-1-3-5-10/h1-5,16H,6-9H2. The van der Waals surface area contributed by atoms with Gasteiger partial charge in [0.25, 0.3) is 0 Å². The highest BCUT2D eigenvalue weighted by Crippen LogP contribution is 2.73. The van der Waals surface area contributed by atoms with Crippen LogP contribution in [0.25, 0.3) is 0 Å². The summed E-state index contributed by atoms with van der Waals surface area (Å²) in [4.78, 5) is 11.9. The normalized spacial score (nSPS) is 46.3. The molecule has 1 aromatic carbocycles. The average Bonchev–Trinajstić information content (AvgIpc) is 2.65. The molecule has 3 heteroatoms. The van der Waals surface area contributed by atoms with Crippen LogP contribution in [-0.2, 0) is 14.9 Å². The molecule has 3 aliphatic carbocycles. The monoisotopic (exact) mass is 230 g/mol. The van der Waals surface area contributed by atoms with Crippen LogP contribution >= 0.6 is 0 Å². The minimum atomic E-state index is -1.29. The van der Waals surface area contributed by atoms with Crippen molar-refractivity contribution in [3.05, 3.63) is 35.9 Å². The minimum Gasteiger partial charge on any atom is -0.463 e. The number of hydrogen-bond donors (Lipinski definition) is 1. The first-order chi connectivity index (χ1) is 8.10. The molecule has 0 amide bonds. The van der Waals surface area contributed by atoms with Crippen LogP contribution in [0.1, 0.15) is 24.8 Å². The Morgan fingerprint density at radius 2 is 1.82 bits per heavy atom. The van der Waals surface area contributed by atoms with E-state index in [0.717, 1.165) is 18.4 Å². The Morgan fingerprint density at radius 3 is 2.53 bits per heavy atom. The summed E-state index contributed by atoms with van der Waals surface area (Å²) in [6.07, 6.45) is 2.34. The molecule has 1 aliphatic heterocycles. The maximum absolute atomic E-state index is 11.9. The molecule has 1 heterocycles. The second-order valence-electron chi connectivity index (χ2n) is 5.91. The van der Waals surface area contributed by atoms with Crippen LogP contribution in [0.5, 0.6) is 0 Å². The summed E-state index contributed by atoms with van der Waals surface area (Å²) in [6, 6.07) is 9.91. The lowest BCUT2D eigenvalue weighted by molar-refractivity contribution is -0.173. The molecule has 1 unspecified atom stereocenters. The molecule has 4 fully saturated rings. The van der Waals surface area contributed by atoms with Crippen LogP contribution in [0.2, 0.25) is 0 Å². The van der Waals surface area contributed by atoms with Crippen LogP contribution in [-0.4, -0.2) is 23.3 Å². The maximum Gasteiger partial charge on any atom is 0.339 e. The Bertz CT molecular complexity index is 501. The van der Waals surface area contributed by atoms with E-state index >= 15 is 0 Å². The zero-order chi connectivity index (χ0) is 11.7. The smallest absolute Gasteiger partial charge is 0.339 e. The van der Waals surface area contributed by atoms with Gasteiger partial charge in [0.2, 0.25) is 0 Å². The number of esters is 1. The Morgan fingerprint density at radius 1 is 1.12 bits per heavy atom. The lowest BCUT2D eigenvalue weighted by atomic mass is 9.56. The Balaban J connectivity index is 1.89. The van der Waals surface area contributed by atoms with Gasteiger partial charge in [-0.05, 0) is 24.8 Å². The van der Waals surface area contributed by atoms with Crippen LogP contribution in [0.4, 0.5) is 0 Å². The van der Waals surface area contributed by atoms with Crippen molar-refractivity contribution >= 4 is 5.97 Å². The van der Waals surface area contributed by atoms with Crippen molar-refractivity contribution in [2.45, 2.75) is 30.3 Å². The van der Waals surface area contributed by atoms with Crippen molar-refractivity contribution in [1.29, 1.82) is 0 Å². The first kappa shape index (κ1) is 9.66. The van der Waals surface area contributed by atoms with Crippen LogP contribution in [0, 0.1) is 5.41 Å². The van der Waals surface area contributed by atoms with Gasteiger partial charge in [-0.2, -0.15) is 0 Å². The van der Waals surface area contributed by atoms with Gasteiger partial charge in [-0.1, -0.05) is 30.3 Å². The van der Waals surface area contributed by atoms with E-state index in [1.54, 1.807) is 0 Å². The molecule has 0 radical (unpaired) electrons. The van der Waals surface area contributed by atoms with Crippen LogP contribution in [0.15, 0.2) is 30.3 Å². The second-order valence-corrected chi connectivity index (χ2v) is 5.91. The van der Waals surface area contributed by atoms with Crippen molar-refractivity contribution in [3.8, 4) is 0 Å². The fraction of sp³-hybridized carbons (Fsp3) is 0.500.